The van der Waals surface area contributed by atoms with Gasteiger partial charge in [-0.25, -0.2) is 8.42 Å². The van der Waals surface area contributed by atoms with Crippen molar-refractivity contribution in [2.75, 3.05) is 20.2 Å². The summed E-state index contributed by atoms with van der Waals surface area (Å²) in [6.45, 7) is 0.576. The Morgan fingerprint density at radius 2 is 2.13 bits per heavy atom. The van der Waals surface area contributed by atoms with Crippen molar-refractivity contribution in [3.63, 3.8) is 0 Å². The van der Waals surface area contributed by atoms with E-state index in [9.17, 15) is 18.5 Å². The summed E-state index contributed by atoms with van der Waals surface area (Å²) in [5.41, 5.74) is 5.38. The van der Waals surface area contributed by atoms with Crippen molar-refractivity contribution in [3.8, 4) is 5.75 Å². The van der Waals surface area contributed by atoms with Gasteiger partial charge in [0.1, 0.15) is 10.6 Å². The summed E-state index contributed by atoms with van der Waals surface area (Å²) < 4.78 is 32.2. The van der Waals surface area contributed by atoms with Crippen molar-refractivity contribution >= 4 is 28.1 Å². The Kier molecular flexibility index (Phi) is 6.75. The maximum atomic E-state index is 12.9. The summed E-state index contributed by atoms with van der Waals surface area (Å²) in [5, 5.41) is 10.9. The number of nitrogens with two attached hydrogens (primary N) is 1. The van der Waals surface area contributed by atoms with Gasteiger partial charge in [0.25, 0.3) is 5.69 Å². The topological polar surface area (TPSA) is 116 Å². The zero-order chi connectivity index (χ0) is 16.3. The molecule has 2 N–H and O–H groups in total. The number of methoxy groups -OCH3 is 1. The molecular formula is C13H20ClN3O5S. The number of hydrogen-bond acceptors (Lipinski definition) is 6. The first kappa shape index (κ1) is 19.6. The van der Waals surface area contributed by atoms with Crippen LogP contribution >= 0.6 is 12.4 Å². The number of rotatable bonds is 5. The fraction of sp³-hybridized carbons (Fsp3) is 0.538. The number of benzene rings is 1. The maximum Gasteiger partial charge on any atom is 0.271 e. The van der Waals surface area contributed by atoms with Gasteiger partial charge >= 0.3 is 0 Å². The lowest BCUT2D eigenvalue weighted by atomic mass is 10.1. The summed E-state index contributed by atoms with van der Waals surface area (Å²) in [5.74, 6) is 0.0898. The Balaban J connectivity index is 0.00000264. The van der Waals surface area contributed by atoms with E-state index in [-0.39, 0.29) is 41.3 Å². The van der Waals surface area contributed by atoms with Crippen LogP contribution in [0.3, 0.4) is 0 Å². The minimum Gasteiger partial charge on any atom is -0.495 e. The van der Waals surface area contributed by atoms with Gasteiger partial charge in [0.15, 0.2) is 0 Å². The van der Waals surface area contributed by atoms with Gasteiger partial charge in [0.2, 0.25) is 10.0 Å². The Morgan fingerprint density at radius 1 is 1.43 bits per heavy atom. The number of nitro groups is 1. The summed E-state index contributed by atoms with van der Waals surface area (Å²) in [4.78, 5) is 10.1. The predicted octanol–water partition coefficient (Wildman–Crippen LogP) is 1.53. The second-order valence-electron chi connectivity index (χ2n) is 5.09. The molecule has 0 amide bonds. The number of hydrogen-bond donors (Lipinski definition) is 1. The molecule has 23 heavy (non-hydrogen) atoms. The first-order chi connectivity index (χ1) is 10.4. The highest BCUT2D eigenvalue weighted by Crippen LogP contribution is 2.33. The SMILES string of the molecule is COc1ccc([N+](=O)[O-])cc1S(=O)(=O)N1CCCCC1CN.Cl. The minimum absolute atomic E-state index is 0. The van der Waals surface area contributed by atoms with E-state index in [1.807, 2.05) is 0 Å². The average Bonchev–Trinajstić information content (AvgIpc) is 2.53. The Bertz CT molecular complexity index is 668. The van der Waals surface area contributed by atoms with Gasteiger partial charge < -0.3 is 10.5 Å². The summed E-state index contributed by atoms with van der Waals surface area (Å²) in [7, 11) is -2.57. The van der Waals surface area contributed by atoms with E-state index in [1.54, 1.807) is 0 Å². The number of piperidine rings is 1. The quantitative estimate of drug-likeness (QED) is 0.624. The van der Waals surface area contributed by atoms with Gasteiger partial charge in [-0.15, -0.1) is 12.4 Å². The van der Waals surface area contributed by atoms with Gasteiger partial charge in [0.05, 0.1) is 12.0 Å². The largest absolute Gasteiger partial charge is 0.495 e. The van der Waals surface area contributed by atoms with Crippen LogP contribution in [-0.2, 0) is 10.0 Å². The number of halogens is 1. The highest BCUT2D eigenvalue weighted by atomic mass is 35.5. The van der Waals surface area contributed by atoms with E-state index in [1.165, 1.54) is 23.5 Å². The van der Waals surface area contributed by atoms with Gasteiger partial charge in [-0.3, -0.25) is 10.1 Å². The molecule has 10 heteroatoms. The van der Waals surface area contributed by atoms with E-state index < -0.39 is 14.9 Å². The molecule has 0 saturated carbocycles. The molecule has 1 aromatic rings. The van der Waals surface area contributed by atoms with E-state index in [2.05, 4.69) is 0 Å². The van der Waals surface area contributed by atoms with Crippen LogP contribution in [0, 0.1) is 10.1 Å². The zero-order valence-electron chi connectivity index (χ0n) is 12.7. The molecule has 0 aliphatic carbocycles. The van der Waals surface area contributed by atoms with Crippen molar-refractivity contribution in [1.29, 1.82) is 0 Å². The van der Waals surface area contributed by atoms with Crippen molar-refractivity contribution < 1.29 is 18.1 Å². The predicted molar refractivity (Wildman–Crippen MR) is 87.5 cm³/mol. The number of non-ortho nitro benzene ring substituents is 1. The van der Waals surface area contributed by atoms with E-state index in [0.717, 1.165) is 18.9 Å². The average molecular weight is 366 g/mol. The van der Waals surface area contributed by atoms with E-state index in [4.69, 9.17) is 10.5 Å². The molecule has 1 saturated heterocycles. The van der Waals surface area contributed by atoms with Crippen molar-refractivity contribution in [1.82, 2.24) is 4.31 Å². The van der Waals surface area contributed by atoms with Gasteiger partial charge in [-0.05, 0) is 18.9 Å². The van der Waals surface area contributed by atoms with Gasteiger partial charge in [-0.2, -0.15) is 4.31 Å². The smallest absolute Gasteiger partial charge is 0.271 e. The molecule has 2 rings (SSSR count). The lowest BCUT2D eigenvalue weighted by Crippen LogP contribution is -2.47. The summed E-state index contributed by atoms with van der Waals surface area (Å²) >= 11 is 0. The fourth-order valence-electron chi connectivity index (χ4n) is 2.63. The Morgan fingerprint density at radius 3 is 2.70 bits per heavy atom. The molecule has 8 nitrogen and oxygen atoms in total. The molecule has 1 aromatic carbocycles. The highest BCUT2D eigenvalue weighted by molar-refractivity contribution is 7.89. The monoisotopic (exact) mass is 365 g/mol. The number of nitro benzene ring substituents is 1. The maximum absolute atomic E-state index is 12.9. The summed E-state index contributed by atoms with van der Waals surface area (Å²) in [6.07, 6.45) is 2.35. The molecule has 0 aromatic heterocycles. The third kappa shape index (κ3) is 3.92. The van der Waals surface area contributed by atoms with Crippen LogP contribution in [0.15, 0.2) is 23.1 Å². The Labute approximate surface area is 141 Å². The van der Waals surface area contributed by atoms with Gasteiger partial charge in [-0.1, -0.05) is 6.42 Å². The van der Waals surface area contributed by atoms with E-state index in [0.29, 0.717) is 13.0 Å². The fourth-order valence-corrected chi connectivity index (χ4v) is 4.51. The number of sulfonamides is 1. The standard InChI is InChI=1S/C13H19N3O5S.ClH/c1-21-12-6-5-10(16(17)18)8-13(12)22(19,20)15-7-3-2-4-11(15)9-14;/h5-6,8,11H,2-4,7,9,14H2,1H3;1H. The van der Waals surface area contributed by atoms with Crippen LogP contribution in [0.4, 0.5) is 5.69 Å². The lowest BCUT2D eigenvalue weighted by molar-refractivity contribution is -0.385. The Hall–Kier alpha value is -1.42. The third-order valence-electron chi connectivity index (χ3n) is 3.79. The first-order valence-electron chi connectivity index (χ1n) is 6.96. The molecule has 1 fully saturated rings. The van der Waals surface area contributed by atoms with Crippen LogP contribution < -0.4 is 10.5 Å². The normalized spacial score (nSPS) is 19.0. The molecule has 0 radical (unpaired) electrons. The lowest BCUT2D eigenvalue weighted by Gasteiger charge is -2.34. The van der Waals surface area contributed by atoms with Crippen LogP contribution in [0.1, 0.15) is 19.3 Å². The molecule has 1 aliphatic rings. The second-order valence-corrected chi connectivity index (χ2v) is 6.95. The van der Waals surface area contributed by atoms with Crippen LogP contribution in [0.2, 0.25) is 0 Å². The van der Waals surface area contributed by atoms with Crippen LogP contribution in [0.5, 0.6) is 5.75 Å². The van der Waals surface area contributed by atoms with Crippen molar-refractivity contribution in [2.45, 2.75) is 30.2 Å². The molecule has 1 heterocycles. The molecule has 1 aliphatic heterocycles. The van der Waals surface area contributed by atoms with E-state index >= 15 is 0 Å². The third-order valence-corrected chi connectivity index (χ3v) is 5.76. The highest BCUT2D eigenvalue weighted by Gasteiger charge is 2.35. The number of nitrogens with zero attached hydrogens (tertiary/aromatic N) is 2. The second kappa shape index (κ2) is 7.91. The van der Waals surface area contributed by atoms with Gasteiger partial charge in [0, 0.05) is 31.3 Å². The molecule has 0 bridgehead atoms. The minimum atomic E-state index is -3.90. The first-order valence-corrected chi connectivity index (χ1v) is 8.40. The molecule has 1 atom stereocenters. The molecule has 1 unspecified atom stereocenters. The molecule has 0 spiro atoms. The van der Waals surface area contributed by atoms with Crippen LogP contribution in [-0.4, -0.2) is 43.9 Å². The van der Waals surface area contributed by atoms with Crippen molar-refractivity contribution in [2.24, 2.45) is 5.73 Å². The summed E-state index contributed by atoms with van der Waals surface area (Å²) in [6, 6.07) is 3.26. The molecule has 130 valence electrons. The van der Waals surface area contributed by atoms with Crippen LogP contribution in [0.25, 0.3) is 0 Å². The molecular weight excluding hydrogens is 346 g/mol. The van der Waals surface area contributed by atoms with Crippen molar-refractivity contribution in [3.05, 3.63) is 28.3 Å². The number of ether oxygens (including phenoxy) is 1. The zero-order valence-corrected chi connectivity index (χ0v) is 14.3.